The van der Waals surface area contributed by atoms with Gasteiger partial charge in [0.2, 0.25) is 0 Å². The molecule has 4 N–H and O–H groups in total. The van der Waals surface area contributed by atoms with Crippen LogP contribution in [0.25, 0.3) is 0 Å². The molecular weight excluding hydrogens is 400 g/mol. The van der Waals surface area contributed by atoms with E-state index in [2.05, 4.69) is 4.72 Å². The summed E-state index contributed by atoms with van der Waals surface area (Å²) in [6, 6.07) is 5.18. The Kier molecular flexibility index (Phi) is 5.38. The molecule has 2 aromatic rings. The Bertz CT molecular complexity index is 1110. The number of carbonyl (C=O) groups is 2. The van der Waals surface area contributed by atoms with Crippen molar-refractivity contribution in [1.29, 1.82) is 0 Å². The molecule has 0 aliphatic heterocycles. The third-order valence-electron chi connectivity index (χ3n) is 4.74. The molecule has 0 fully saturated rings. The van der Waals surface area contributed by atoms with Crippen molar-refractivity contribution in [1.82, 2.24) is 0 Å². The van der Waals surface area contributed by atoms with E-state index in [-0.39, 0.29) is 33.2 Å². The second-order valence-electron chi connectivity index (χ2n) is 6.49. The molecule has 29 heavy (non-hydrogen) atoms. The minimum absolute atomic E-state index is 0.0948. The number of primary amides is 1. The number of hydrogen-bond acceptors (Lipinski definition) is 6. The molecule has 0 atom stereocenters. The fourth-order valence-corrected chi connectivity index (χ4v) is 4.80. The Morgan fingerprint density at radius 1 is 1.07 bits per heavy atom. The molecule has 9 nitrogen and oxygen atoms in total. The highest BCUT2D eigenvalue weighted by molar-refractivity contribution is 7.92. The highest BCUT2D eigenvalue weighted by Gasteiger charge is 2.28. The van der Waals surface area contributed by atoms with Gasteiger partial charge in [0, 0.05) is 6.07 Å². The predicted octanol–water partition coefficient (Wildman–Crippen LogP) is 1.79. The number of hydrogen-bond donors (Lipinski definition) is 3. The van der Waals surface area contributed by atoms with Crippen LogP contribution in [0.3, 0.4) is 0 Å². The number of nitrogens with two attached hydrogens (primary N) is 1. The number of aromatic carboxylic acids is 1. The number of rotatable bonds is 7. The summed E-state index contributed by atoms with van der Waals surface area (Å²) in [6.07, 6.45) is 1.84. The number of carboxylic acids is 1. The third kappa shape index (κ3) is 3.83. The van der Waals surface area contributed by atoms with Gasteiger partial charge in [0.05, 0.1) is 35.9 Å². The molecule has 3 rings (SSSR count). The monoisotopic (exact) mass is 420 g/mol. The van der Waals surface area contributed by atoms with Crippen molar-refractivity contribution in [3.63, 3.8) is 0 Å². The minimum Gasteiger partial charge on any atom is -0.493 e. The molecule has 0 aromatic heterocycles. The smallest absolute Gasteiger partial charge is 0.335 e. The fourth-order valence-electron chi connectivity index (χ4n) is 3.40. The Morgan fingerprint density at radius 2 is 1.72 bits per heavy atom. The molecular formula is C19H20N2O7S. The lowest BCUT2D eigenvalue weighted by molar-refractivity contribution is 0.0696. The number of nitrogens with one attached hydrogen (secondary N) is 1. The van der Waals surface area contributed by atoms with Crippen LogP contribution in [0.1, 0.15) is 38.3 Å². The molecule has 0 saturated heterocycles. The number of sulfonamides is 1. The van der Waals surface area contributed by atoms with Crippen molar-refractivity contribution in [2.75, 3.05) is 18.9 Å². The first-order valence-corrected chi connectivity index (χ1v) is 10.1. The highest BCUT2D eigenvalue weighted by atomic mass is 32.2. The van der Waals surface area contributed by atoms with Crippen molar-refractivity contribution in [2.45, 2.75) is 24.2 Å². The molecule has 0 saturated carbocycles. The van der Waals surface area contributed by atoms with Crippen molar-refractivity contribution in [3.8, 4) is 11.5 Å². The molecule has 0 spiro atoms. The van der Waals surface area contributed by atoms with Crippen LogP contribution in [0.2, 0.25) is 0 Å². The summed E-state index contributed by atoms with van der Waals surface area (Å²) in [7, 11) is -1.48. The summed E-state index contributed by atoms with van der Waals surface area (Å²) < 4.78 is 38.9. The van der Waals surface area contributed by atoms with Crippen LogP contribution in [0.5, 0.6) is 11.5 Å². The van der Waals surface area contributed by atoms with Crippen LogP contribution < -0.4 is 19.9 Å². The molecule has 2 aromatic carbocycles. The second-order valence-corrected chi connectivity index (χ2v) is 8.14. The Hall–Kier alpha value is -3.27. The molecule has 1 aliphatic carbocycles. The Morgan fingerprint density at radius 3 is 2.31 bits per heavy atom. The molecule has 0 radical (unpaired) electrons. The van der Waals surface area contributed by atoms with E-state index in [1.165, 1.54) is 32.4 Å². The average molecular weight is 420 g/mol. The van der Waals surface area contributed by atoms with Gasteiger partial charge in [-0.1, -0.05) is 0 Å². The molecule has 1 aliphatic rings. The van der Waals surface area contributed by atoms with Crippen molar-refractivity contribution in [2.24, 2.45) is 5.73 Å². The van der Waals surface area contributed by atoms with E-state index in [1.807, 2.05) is 0 Å². The lowest BCUT2D eigenvalue weighted by Gasteiger charge is -2.17. The summed E-state index contributed by atoms with van der Waals surface area (Å²) in [5.74, 6) is -1.69. The number of aryl methyl sites for hydroxylation is 1. The van der Waals surface area contributed by atoms with Crippen molar-refractivity contribution >= 4 is 27.6 Å². The van der Waals surface area contributed by atoms with E-state index in [0.29, 0.717) is 24.0 Å². The number of methoxy groups -OCH3 is 2. The van der Waals surface area contributed by atoms with Gasteiger partial charge in [-0.25, -0.2) is 13.2 Å². The van der Waals surface area contributed by atoms with Crippen LogP contribution in [0.4, 0.5) is 5.69 Å². The lowest BCUT2D eigenvalue weighted by atomic mass is 10.1. The fraction of sp³-hybridized carbons (Fsp3) is 0.263. The van der Waals surface area contributed by atoms with Gasteiger partial charge in [-0.15, -0.1) is 0 Å². The van der Waals surface area contributed by atoms with E-state index >= 15 is 0 Å². The van der Waals surface area contributed by atoms with Crippen molar-refractivity contribution in [3.05, 3.63) is 46.5 Å². The van der Waals surface area contributed by atoms with Crippen molar-refractivity contribution < 1.29 is 32.6 Å². The second kappa shape index (κ2) is 7.63. The number of fused-ring (bicyclic) bond motifs is 1. The zero-order valence-corrected chi connectivity index (χ0v) is 16.6. The van der Waals surface area contributed by atoms with Gasteiger partial charge in [-0.05, 0) is 48.6 Å². The van der Waals surface area contributed by atoms with E-state index in [1.54, 1.807) is 0 Å². The predicted molar refractivity (Wildman–Crippen MR) is 104 cm³/mol. The van der Waals surface area contributed by atoms with Crippen LogP contribution in [0, 0.1) is 0 Å². The maximum absolute atomic E-state index is 13.1. The van der Waals surface area contributed by atoms with Crippen LogP contribution in [-0.4, -0.2) is 39.6 Å². The van der Waals surface area contributed by atoms with Crippen LogP contribution in [-0.2, 0) is 22.9 Å². The zero-order valence-electron chi connectivity index (χ0n) is 15.8. The molecule has 154 valence electrons. The van der Waals surface area contributed by atoms with E-state index < -0.39 is 21.9 Å². The summed E-state index contributed by atoms with van der Waals surface area (Å²) in [6.45, 7) is 0. The van der Waals surface area contributed by atoms with E-state index in [9.17, 15) is 23.1 Å². The first kappa shape index (κ1) is 20.5. The Labute approximate surface area is 167 Å². The van der Waals surface area contributed by atoms with E-state index in [0.717, 1.165) is 12.5 Å². The van der Waals surface area contributed by atoms with Gasteiger partial charge in [-0.3, -0.25) is 9.52 Å². The number of benzene rings is 2. The standard InChI is InChI=1S/C19H20N2O7S/c1-27-15-8-13(18(20)22)14(9-16(15)28-2)21-29(25,26)17-7-11(19(23)24)6-10-4-3-5-12(10)17/h6-9,21H,3-5H2,1-2H3,(H2,20,22)(H,23,24). The molecule has 10 heteroatoms. The summed E-state index contributed by atoms with van der Waals surface area (Å²) >= 11 is 0. The average Bonchev–Trinajstić information content (AvgIpc) is 3.14. The normalized spacial score (nSPS) is 12.9. The summed E-state index contributed by atoms with van der Waals surface area (Å²) in [4.78, 5) is 23.2. The number of anilines is 1. The number of ether oxygens (including phenoxy) is 2. The molecule has 0 heterocycles. The van der Waals surface area contributed by atoms with Gasteiger partial charge < -0.3 is 20.3 Å². The number of amides is 1. The summed E-state index contributed by atoms with van der Waals surface area (Å²) in [5.41, 5.74) is 6.33. The van der Waals surface area contributed by atoms with Gasteiger partial charge in [0.25, 0.3) is 15.9 Å². The van der Waals surface area contributed by atoms with Crippen LogP contribution in [0.15, 0.2) is 29.2 Å². The third-order valence-corrected chi connectivity index (χ3v) is 6.18. The molecule has 0 bridgehead atoms. The number of carboxylic acid groups (broad SMARTS) is 1. The van der Waals surface area contributed by atoms with Gasteiger partial charge in [0.1, 0.15) is 0 Å². The van der Waals surface area contributed by atoms with Crippen LogP contribution >= 0.6 is 0 Å². The topological polar surface area (TPSA) is 145 Å². The molecule has 1 amide bonds. The quantitative estimate of drug-likeness (QED) is 0.619. The first-order chi connectivity index (χ1) is 13.7. The summed E-state index contributed by atoms with van der Waals surface area (Å²) in [5, 5.41) is 9.33. The highest BCUT2D eigenvalue weighted by Crippen LogP contribution is 2.36. The van der Waals surface area contributed by atoms with E-state index in [4.69, 9.17) is 15.2 Å². The zero-order chi connectivity index (χ0) is 21.3. The van der Waals surface area contributed by atoms with Gasteiger partial charge in [0.15, 0.2) is 11.5 Å². The Balaban J connectivity index is 2.14. The number of carbonyl (C=O) groups excluding carboxylic acids is 1. The lowest BCUT2D eigenvalue weighted by Crippen LogP contribution is -2.20. The largest absolute Gasteiger partial charge is 0.493 e. The SMILES string of the molecule is COc1cc(NS(=O)(=O)c2cc(C(=O)O)cc3c2CCC3)c(C(N)=O)cc1OC. The first-order valence-electron chi connectivity index (χ1n) is 8.65. The van der Waals surface area contributed by atoms with Gasteiger partial charge in [-0.2, -0.15) is 0 Å². The van der Waals surface area contributed by atoms with Gasteiger partial charge >= 0.3 is 5.97 Å². The molecule has 0 unspecified atom stereocenters. The minimum atomic E-state index is -4.21. The maximum Gasteiger partial charge on any atom is 0.335 e. The maximum atomic E-state index is 13.1.